The zero-order valence-electron chi connectivity index (χ0n) is 11.5. The van der Waals surface area contributed by atoms with Crippen molar-refractivity contribution in [1.29, 1.82) is 0 Å². The fourth-order valence-corrected chi connectivity index (χ4v) is 2.28. The first-order valence-corrected chi connectivity index (χ1v) is 6.99. The lowest BCUT2D eigenvalue weighted by molar-refractivity contribution is 0.145. The Morgan fingerprint density at radius 1 is 1.45 bits per heavy atom. The van der Waals surface area contributed by atoms with Crippen LogP contribution in [0.15, 0.2) is 30.6 Å². The van der Waals surface area contributed by atoms with Crippen LogP contribution in [0, 0.1) is 5.92 Å². The minimum Gasteiger partial charge on any atom is -0.392 e. The topological polar surface area (TPSA) is 75.9 Å². The van der Waals surface area contributed by atoms with Gasteiger partial charge in [0.25, 0.3) is 0 Å². The highest BCUT2D eigenvalue weighted by atomic mass is 16.3. The third kappa shape index (κ3) is 3.02. The van der Waals surface area contributed by atoms with Crippen LogP contribution in [-0.2, 0) is 0 Å². The molecule has 2 unspecified atom stereocenters. The molecule has 6 heteroatoms. The maximum atomic E-state index is 9.90. The Bertz CT molecular complexity index is 552. The maximum absolute atomic E-state index is 9.90. The molecule has 20 heavy (non-hydrogen) atoms. The number of aromatic nitrogens is 4. The van der Waals surface area contributed by atoms with Gasteiger partial charge in [0.1, 0.15) is 6.33 Å². The van der Waals surface area contributed by atoms with Crippen molar-refractivity contribution in [2.45, 2.75) is 31.9 Å². The zero-order chi connectivity index (χ0) is 13.9. The van der Waals surface area contributed by atoms with E-state index in [2.05, 4.69) is 39.9 Å². The molecule has 3 rings (SSSR count). The Morgan fingerprint density at radius 3 is 3.00 bits per heavy atom. The fraction of sp³-hybridized carbons (Fsp3) is 0.500. The van der Waals surface area contributed by atoms with Gasteiger partial charge in [0.15, 0.2) is 0 Å². The van der Waals surface area contributed by atoms with E-state index >= 15 is 0 Å². The summed E-state index contributed by atoms with van der Waals surface area (Å²) in [6.07, 6.45) is 3.67. The molecule has 1 aliphatic rings. The van der Waals surface area contributed by atoms with Crippen LogP contribution >= 0.6 is 0 Å². The van der Waals surface area contributed by atoms with Crippen LogP contribution in [0.25, 0.3) is 5.69 Å². The molecule has 1 aromatic heterocycles. The van der Waals surface area contributed by atoms with Crippen molar-refractivity contribution >= 4 is 0 Å². The number of aliphatic hydroxyl groups excluding tert-OH is 1. The van der Waals surface area contributed by atoms with Gasteiger partial charge in [-0.2, -0.15) is 0 Å². The lowest BCUT2D eigenvalue weighted by Gasteiger charge is -2.17. The molecule has 2 N–H and O–H groups in total. The molecule has 6 nitrogen and oxygen atoms in total. The SMILES string of the molecule is CC(NCC(O)C1CC1)c1cccc(-n2cnnn2)c1. The quantitative estimate of drug-likeness (QED) is 0.824. The summed E-state index contributed by atoms with van der Waals surface area (Å²) in [6.45, 7) is 2.74. The van der Waals surface area contributed by atoms with Gasteiger partial charge < -0.3 is 10.4 Å². The molecule has 0 bridgehead atoms. The summed E-state index contributed by atoms with van der Waals surface area (Å²) in [7, 11) is 0. The van der Waals surface area contributed by atoms with Crippen LogP contribution in [0.1, 0.15) is 31.4 Å². The highest BCUT2D eigenvalue weighted by Gasteiger charge is 2.29. The van der Waals surface area contributed by atoms with E-state index < -0.39 is 0 Å². The minimum atomic E-state index is -0.222. The Balaban J connectivity index is 1.65. The van der Waals surface area contributed by atoms with E-state index in [1.807, 2.05) is 12.1 Å². The summed E-state index contributed by atoms with van der Waals surface area (Å²) in [5, 5.41) is 24.5. The molecule has 1 aromatic carbocycles. The molecule has 0 radical (unpaired) electrons. The van der Waals surface area contributed by atoms with Gasteiger partial charge in [-0.3, -0.25) is 0 Å². The van der Waals surface area contributed by atoms with Gasteiger partial charge in [-0.15, -0.1) is 5.10 Å². The molecule has 1 saturated carbocycles. The lowest BCUT2D eigenvalue weighted by atomic mass is 10.1. The predicted octanol–water partition coefficient (Wildman–Crippen LogP) is 1.08. The second-order valence-corrected chi connectivity index (χ2v) is 5.38. The molecule has 0 saturated heterocycles. The van der Waals surface area contributed by atoms with E-state index in [1.165, 1.54) is 0 Å². The van der Waals surface area contributed by atoms with Crippen LogP contribution in [0.5, 0.6) is 0 Å². The van der Waals surface area contributed by atoms with Gasteiger partial charge in [0.2, 0.25) is 0 Å². The number of nitrogens with one attached hydrogen (secondary N) is 1. The second-order valence-electron chi connectivity index (χ2n) is 5.38. The summed E-state index contributed by atoms with van der Waals surface area (Å²) in [6, 6.07) is 8.25. The number of hydrogen-bond donors (Lipinski definition) is 2. The van der Waals surface area contributed by atoms with Crippen molar-refractivity contribution in [3.05, 3.63) is 36.2 Å². The predicted molar refractivity (Wildman–Crippen MR) is 74.3 cm³/mol. The van der Waals surface area contributed by atoms with Crippen LogP contribution in [0.2, 0.25) is 0 Å². The lowest BCUT2D eigenvalue weighted by Crippen LogP contribution is -2.30. The summed E-state index contributed by atoms with van der Waals surface area (Å²) in [5.74, 6) is 0.502. The van der Waals surface area contributed by atoms with Crippen molar-refractivity contribution in [3.8, 4) is 5.69 Å². The van der Waals surface area contributed by atoms with Crippen LogP contribution in [-0.4, -0.2) is 38.0 Å². The molecule has 0 aliphatic heterocycles. The summed E-state index contributed by atoms with van der Waals surface area (Å²) in [4.78, 5) is 0. The first-order chi connectivity index (χ1) is 9.74. The van der Waals surface area contributed by atoms with Crippen LogP contribution in [0.4, 0.5) is 0 Å². The maximum Gasteiger partial charge on any atom is 0.143 e. The molecule has 0 spiro atoms. The Hall–Kier alpha value is -1.79. The summed E-state index contributed by atoms with van der Waals surface area (Å²) >= 11 is 0. The van der Waals surface area contributed by atoms with Gasteiger partial charge in [-0.05, 0) is 53.8 Å². The van der Waals surface area contributed by atoms with E-state index in [4.69, 9.17) is 0 Å². The smallest absolute Gasteiger partial charge is 0.143 e. The van der Waals surface area contributed by atoms with Crippen molar-refractivity contribution in [1.82, 2.24) is 25.5 Å². The van der Waals surface area contributed by atoms with E-state index in [0.29, 0.717) is 12.5 Å². The number of aliphatic hydroxyl groups is 1. The molecule has 2 aromatic rings. The summed E-state index contributed by atoms with van der Waals surface area (Å²) < 4.78 is 1.63. The monoisotopic (exact) mass is 273 g/mol. The summed E-state index contributed by atoms with van der Waals surface area (Å²) in [5.41, 5.74) is 2.09. The number of rotatable bonds is 6. The Morgan fingerprint density at radius 2 is 2.30 bits per heavy atom. The third-order valence-electron chi connectivity index (χ3n) is 3.78. The normalized spacial score (nSPS) is 17.9. The van der Waals surface area contributed by atoms with Crippen molar-refractivity contribution in [2.24, 2.45) is 5.92 Å². The average molecular weight is 273 g/mol. The molecular weight excluding hydrogens is 254 g/mol. The number of tetrazole rings is 1. The van der Waals surface area contributed by atoms with Gasteiger partial charge in [-0.25, -0.2) is 4.68 Å². The molecule has 1 heterocycles. The Labute approximate surface area is 117 Å². The van der Waals surface area contributed by atoms with E-state index in [0.717, 1.165) is 24.1 Å². The van der Waals surface area contributed by atoms with Crippen molar-refractivity contribution in [2.75, 3.05) is 6.54 Å². The largest absolute Gasteiger partial charge is 0.392 e. The zero-order valence-corrected chi connectivity index (χ0v) is 11.5. The Kier molecular flexibility index (Phi) is 3.75. The van der Waals surface area contributed by atoms with E-state index in [1.54, 1.807) is 11.0 Å². The number of benzene rings is 1. The molecule has 1 aliphatic carbocycles. The highest BCUT2D eigenvalue weighted by molar-refractivity contribution is 5.35. The highest BCUT2D eigenvalue weighted by Crippen LogP contribution is 2.32. The van der Waals surface area contributed by atoms with Gasteiger partial charge in [0.05, 0.1) is 11.8 Å². The second kappa shape index (κ2) is 5.68. The van der Waals surface area contributed by atoms with Crippen molar-refractivity contribution < 1.29 is 5.11 Å². The van der Waals surface area contributed by atoms with E-state index in [9.17, 15) is 5.11 Å². The van der Waals surface area contributed by atoms with Crippen LogP contribution in [0.3, 0.4) is 0 Å². The molecule has 1 fully saturated rings. The average Bonchev–Trinajstić information content (AvgIpc) is 3.19. The van der Waals surface area contributed by atoms with Gasteiger partial charge >= 0.3 is 0 Å². The van der Waals surface area contributed by atoms with E-state index in [-0.39, 0.29) is 12.1 Å². The third-order valence-corrected chi connectivity index (χ3v) is 3.78. The van der Waals surface area contributed by atoms with Gasteiger partial charge in [0, 0.05) is 12.6 Å². The van der Waals surface area contributed by atoms with Crippen LogP contribution < -0.4 is 5.32 Å². The number of hydrogen-bond acceptors (Lipinski definition) is 5. The fourth-order valence-electron chi connectivity index (χ4n) is 2.28. The molecule has 0 amide bonds. The first-order valence-electron chi connectivity index (χ1n) is 6.99. The molecular formula is C14H19N5O. The first kappa shape index (κ1) is 13.2. The molecule has 106 valence electrons. The standard InChI is InChI=1S/C14H19N5O/c1-10(15-8-14(20)11-5-6-11)12-3-2-4-13(7-12)19-9-16-17-18-19/h2-4,7,9-11,14-15,20H,5-6,8H2,1H3. The van der Waals surface area contributed by atoms with Gasteiger partial charge in [-0.1, -0.05) is 12.1 Å². The van der Waals surface area contributed by atoms with Crippen molar-refractivity contribution in [3.63, 3.8) is 0 Å². The number of nitrogens with zero attached hydrogens (tertiary/aromatic N) is 4. The minimum absolute atomic E-state index is 0.180. The molecule has 2 atom stereocenters.